The van der Waals surface area contributed by atoms with Crippen LogP contribution in [0.3, 0.4) is 0 Å². The van der Waals surface area contributed by atoms with Gasteiger partial charge in [-0.15, -0.1) is 8.94 Å². The van der Waals surface area contributed by atoms with E-state index in [1.807, 2.05) is 55.4 Å². The SMILES string of the molecule is CC1(C)C(/C=C/C=C/C=C2/N(CCCCCC(=O)N3CCN(CCOCCON([C@H](CCN)C(=O)ON)S(=O)[O-])CC3)c3ccc4c(S(=O)(=O)O)cc(S(=O)(=O)O)cc4c3C2(C)C)=[N+](CCCCCC(=O)C2=CCCN(CCOCCON([C@@H](CCN)C(=O)ON)S(=O)[O-])CC2)c2ccc3c(S(=O)(=O)O)cc(S(=O)(=O)O)cc3c21. The van der Waals surface area contributed by atoms with Crippen LogP contribution in [0.15, 0.2) is 116 Å². The predicted molar refractivity (Wildman–Crippen MR) is 416 cm³/mol. The molecule has 2 unspecified atom stereocenters. The molecule has 4 aliphatic rings. The van der Waals surface area contributed by atoms with Crippen molar-refractivity contribution in [3.05, 3.63) is 107 Å². The summed E-state index contributed by atoms with van der Waals surface area (Å²) in [6.45, 7) is 12.4. The summed E-state index contributed by atoms with van der Waals surface area (Å²) >= 11 is -5.93. The van der Waals surface area contributed by atoms with Crippen molar-refractivity contribution in [1.82, 2.24) is 23.6 Å². The number of nitrogens with two attached hydrogens (primary N) is 4. The van der Waals surface area contributed by atoms with Crippen molar-refractivity contribution < 1.29 is 122 Å². The fourth-order valence-corrected chi connectivity index (χ4v) is 18.6. The second-order valence-electron chi connectivity index (χ2n) is 28.4. The molecule has 43 heteroatoms. The van der Waals surface area contributed by atoms with Crippen LogP contribution < -0.4 is 28.2 Å². The lowest BCUT2D eigenvalue weighted by molar-refractivity contribution is -0.438. The van der Waals surface area contributed by atoms with Crippen LogP contribution in [0.4, 0.5) is 11.4 Å². The predicted octanol–water partition coefficient (Wildman–Crippen LogP) is 3.36. The van der Waals surface area contributed by atoms with Crippen molar-refractivity contribution >= 4 is 125 Å². The molecule has 4 heterocycles. The number of unbranched alkanes of at least 4 members (excludes halogenated alkanes) is 4. The van der Waals surface area contributed by atoms with Gasteiger partial charge in [-0.1, -0.05) is 50.6 Å². The highest BCUT2D eigenvalue weighted by atomic mass is 32.2. The number of fused-ring (bicyclic) bond motifs is 6. The van der Waals surface area contributed by atoms with E-state index in [1.54, 1.807) is 35.3 Å². The number of hydrogen-bond acceptors (Lipinski definition) is 29. The van der Waals surface area contributed by atoms with Crippen LogP contribution in [0.5, 0.6) is 0 Å². The van der Waals surface area contributed by atoms with E-state index < -0.39 is 117 Å². The highest BCUT2D eigenvalue weighted by molar-refractivity contribution is 7.87. The molecule has 1 fully saturated rings. The molecule has 0 bridgehead atoms. The van der Waals surface area contributed by atoms with Gasteiger partial charge in [-0.3, -0.25) is 50.8 Å². The first-order valence-electron chi connectivity index (χ1n) is 36.8. The molecule has 632 valence electrons. The quantitative estimate of drug-likeness (QED) is 0.00786. The Hall–Kier alpha value is -6.71. The van der Waals surface area contributed by atoms with Crippen LogP contribution in [0.25, 0.3) is 21.5 Å². The summed E-state index contributed by atoms with van der Waals surface area (Å²) in [5.41, 5.74) is 13.1. The molecule has 0 aromatic heterocycles. The second kappa shape index (κ2) is 41.1. The number of carbonyl (C=O) groups is 4. The monoisotopic (exact) mass is 1710 g/mol. The van der Waals surface area contributed by atoms with Gasteiger partial charge in [-0.25, -0.2) is 9.59 Å². The number of amides is 1. The third-order valence-electron chi connectivity index (χ3n) is 20.3. The maximum Gasteiger partial charge on any atom is 0.345 e. The number of benzene rings is 4. The van der Waals surface area contributed by atoms with Crippen molar-refractivity contribution in [1.29, 1.82) is 0 Å². The summed E-state index contributed by atoms with van der Waals surface area (Å²) in [5, 5.41) is 0.225. The van der Waals surface area contributed by atoms with Gasteiger partial charge in [0.15, 0.2) is 11.5 Å². The van der Waals surface area contributed by atoms with E-state index in [4.69, 9.17) is 42.4 Å². The van der Waals surface area contributed by atoms with Crippen molar-refractivity contribution in [2.24, 2.45) is 23.3 Å². The Morgan fingerprint density at radius 1 is 0.588 bits per heavy atom. The van der Waals surface area contributed by atoms with E-state index in [0.717, 1.165) is 12.1 Å². The number of allylic oxidation sites excluding steroid dienone is 6. The van der Waals surface area contributed by atoms with E-state index in [1.165, 1.54) is 12.1 Å². The van der Waals surface area contributed by atoms with Gasteiger partial charge in [-0.2, -0.15) is 50.0 Å². The third kappa shape index (κ3) is 23.6. The van der Waals surface area contributed by atoms with Crippen molar-refractivity contribution in [3.63, 3.8) is 0 Å². The van der Waals surface area contributed by atoms with Gasteiger partial charge in [0.25, 0.3) is 40.5 Å². The molecule has 4 aromatic carbocycles. The Morgan fingerprint density at radius 3 is 1.62 bits per heavy atom. The number of anilines is 1. The number of piperazine rings is 1. The molecule has 4 aromatic rings. The highest BCUT2D eigenvalue weighted by Gasteiger charge is 2.47. The lowest BCUT2D eigenvalue weighted by Gasteiger charge is -2.34. The van der Waals surface area contributed by atoms with Gasteiger partial charge in [0.2, 0.25) is 11.6 Å². The lowest BCUT2D eigenvalue weighted by Crippen LogP contribution is -2.49. The Balaban J connectivity index is 0.959. The molecule has 4 atom stereocenters. The Labute approximate surface area is 667 Å². The molecule has 0 radical (unpaired) electrons. The molecular weight excluding hydrogens is 1620 g/mol. The van der Waals surface area contributed by atoms with Gasteiger partial charge < -0.3 is 54.4 Å². The molecule has 0 spiro atoms. The Kier molecular flexibility index (Phi) is 33.5. The van der Waals surface area contributed by atoms with Crippen LogP contribution in [-0.4, -0.2) is 257 Å². The number of hydrogen-bond donors (Lipinski definition) is 8. The fourth-order valence-electron chi connectivity index (χ4n) is 14.8. The van der Waals surface area contributed by atoms with E-state index in [9.17, 15) is 88.6 Å². The zero-order valence-corrected chi connectivity index (χ0v) is 68.5. The average Bonchev–Trinajstić information content (AvgIpc) is 1.53. The molecule has 37 nitrogen and oxygen atoms in total. The number of Topliss-reactive ketones (excluding diaryl/α,β-unsaturated/α-hetero) is 1. The van der Waals surface area contributed by atoms with E-state index in [-0.39, 0.29) is 112 Å². The zero-order chi connectivity index (χ0) is 83.7. The maximum absolute atomic E-state index is 13.8. The first kappa shape index (κ1) is 92.8. The maximum atomic E-state index is 13.8. The van der Waals surface area contributed by atoms with Crippen LogP contribution in [0, 0.1) is 0 Å². The highest BCUT2D eigenvalue weighted by Crippen LogP contribution is 2.52. The van der Waals surface area contributed by atoms with Crippen LogP contribution in [-0.2, 0) is 122 Å². The van der Waals surface area contributed by atoms with Gasteiger partial charge in [0.1, 0.15) is 28.4 Å². The summed E-state index contributed by atoms with van der Waals surface area (Å²) in [4.78, 5) is 75.3. The minimum atomic E-state index is -5.07. The molecule has 0 aliphatic carbocycles. The summed E-state index contributed by atoms with van der Waals surface area (Å²) in [6, 6.07) is 7.16. The number of ketones is 1. The summed E-state index contributed by atoms with van der Waals surface area (Å²) in [7, 11) is -20.2. The molecule has 4 aliphatic heterocycles. The number of carbonyl (C=O) groups excluding carboxylic acids is 4. The molecule has 1 saturated heterocycles. The smallest absolute Gasteiger partial charge is 0.345 e. The van der Waals surface area contributed by atoms with Gasteiger partial charge in [-0.05, 0) is 143 Å². The van der Waals surface area contributed by atoms with Gasteiger partial charge in [0.05, 0.1) is 54.8 Å². The second-order valence-corrected chi connectivity index (χ2v) is 35.6. The van der Waals surface area contributed by atoms with Gasteiger partial charge >= 0.3 is 11.9 Å². The molecule has 0 saturated carbocycles. The standard InChI is InChI=1S/C71H101N11O26S6/c1-70(2)63(79(56-22-20-52-54(66(56)70)45-50(111(91,92)93)47-61(52)113(97,98)99)30-12-6-8-16-60(83)49-15-14-29-76(32-26-49)37-39-103-41-43-105-81(109(87)88)58(24-27-72)68(85)107-74)17-9-5-10-18-64-71(3,4)67-55-46-51(112(94,95)96)48-62(114(100,101)102)53(55)21-23-57(67)80(64)31-13-7-11-19-65(84)78-35-33-77(34-36-78)38-40-104-42-44-106-82(110(89)90)59(25-28-73)69(86)108-75/h5,9-10,15,17-18,20-23,45-48,58-59H,6-8,11-14,16,19,24-44,72-75H2,1-4H3,(H5-,87,88,89,90,91,92,93,94,95,96,97,98,99,100,101,102)/p-1/t58-,59+/m0/s1. The van der Waals surface area contributed by atoms with Crippen LogP contribution >= 0.6 is 0 Å². The number of rotatable bonds is 44. The molecule has 12 N–H and O–H groups in total. The summed E-state index contributed by atoms with van der Waals surface area (Å²) in [5.74, 6) is 7.78. The topological polar surface area (TPSA) is 548 Å². The largest absolute Gasteiger partial charge is 0.758 e. The molecular formula is C71H100N11O26S6-. The minimum absolute atomic E-state index is 0.00133. The van der Waals surface area contributed by atoms with E-state index >= 15 is 0 Å². The summed E-state index contributed by atoms with van der Waals surface area (Å²) in [6.07, 6.45) is 15.5. The molecule has 1 amide bonds. The Morgan fingerprint density at radius 2 is 1.11 bits per heavy atom. The normalized spacial score (nSPS) is 18.0. The Bertz CT molecular complexity index is 4860. The van der Waals surface area contributed by atoms with Crippen molar-refractivity contribution in [3.8, 4) is 0 Å². The number of hydroxylamine groups is 2. The van der Waals surface area contributed by atoms with E-state index in [2.05, 4.69) is 19.5 Å². The molecule has 114 heavy (non-hydrogen) atoms. The first-order valence-corrected chi connectivity index (χ1v) is 44.6. The summed E-state index contributed by atoms with van der Waals surface area (Å²) < 4.78 is 206. The minimum Gasteiger partial charge on any atom is -0.758 e. The first-order chi connectivity index (χ1) is 53.8. The molecule has 8 rings (SSSR count). The van der Waals surface area contributed by atoms with Crippen molar-refractivity contribution in [2.75, 3.05) is 123 Å². The average molecular weight is 1720 g/mol. The van der Waals surface area contributed by atoms with Crippen LogP contribution in [0.1, 0.15) is 116 Å². The lowest BCUT2D eigenvalue weighted by atomic mass is 9.79. The number of nitrogens with zero attached hydrogens (tertiary/aromatic N) is 7. The number of ether oxygens (including phenoxy) is 2. The fraction of sp³-hybridized carbons (Fsp3) is 0.535. The van der Waals surface area contributed by atoms with Crippen molar-refractivity contribution in [2.45, 2.75) is 147 Å². The van der Waals surface area contributed by atoms with Gasteiger partial charge in [0, 0.05) is 146 Å². The third-order valence-corrected chi connectivity index (χ3v) is 25.1. The zero-order valence-electron chi connectivity index (χ0n) is 63.6. The van der Waals surface area contributed by atoms with E-state index in [0.29, 0.717) is 177 Å². The van der Waals surface area contributed by atoms with Crippen LogP contribution in [0.2, 0.25) is 0 Å².